The van der Waals surface area contributed by atoms with Gasteiger partial charge >= 0.3 is 0 Å². The van der Waals surface area contributed by atoms with Crippen LogP contribution in [0.15, 0.2) is 18.2 Å². The average Bonchev–Trinajstić information content (AvgIpc) is 2.07. The van der Waals surface area contributed by atoms with E-state index in [2.05, 4.69) is 20.8 Å². The zero-order valence-electron chi connectivity index (χ0n) is 8.97. The molecule has 0 aliphatic heterocycles. The Labute approximate surface area is 90.7 Å². The first kappa shape index (κ1) is 11.4. The number of halogens is 1. The molecule has 0 spiro atoms. The van der Waals surface area contributed by atoms with Crippen LogP contribution in [0.5, 0.6) is 5.75 Å². The minimum atomic E-state index is -0.0214. The van der Waals surface area contributed by atoms with Gasteiger partial charge < -0.3 is 5.11 Å². The molecule has 0 saturated heterocycles. The number of benzene rings is 1. The molecule has 0 aromatic heterocycles. The largest absolute Gasteiger partial charge is 0.508 e. The van der Waals surface area contributed by atoms with Gasteiger partial charge in [0.25, 0.3) is 0 Å². The first-order valence-corrected chi connectivity index (χ1v) is 5.37. The molecule has 0 atom stereocenters. The Balaban J connectivity index is 3.09. The van der Waals surface area contributed by atoms with Crippen LogP contribution in [0.2, 0.25) is 0 Å². The highest BCUT2D eigenvalue weighted by atomic mass is 35.5. The number of rotatable bonds is 2. The molecule has 14 heavy (non-hydrogen) atoms. The molecule has 78 valence electrons. The van der Waals surface area contributed by atoms with Gasteiger partial charge in [0.05, 0.1) is 0 Å². The van der Waals surface area contributed by atoms with Crippen molar-refractivity contribution in [2.24, 2.45) is 0 Å². The monoisotopic (exact) mass is 212 g/mol. The molecular weight excluding hydrogens is 196 g/mol. The van der Waals surface area contributed by atoms with Crippen molar-refractivity contribution >= 4 is 11.6 Å². The molecule has 0 unspecified atom stereocenters. The molecule has 0 fully saturated rings. The molecule has 0 heterocycles. The van der Waals surface area contributed by atoms with Crippen molar-refractivity contribution in [2.75, 3.05) is 5.88 Å². The number of phenols is 1. The summed E-state index contributed by atoms with van der Waals surface area (Å²) in [7, 11) is 0. The van der Waals surface area contributed by atoms with Crippen LogP contribution in [0, 0.1) is 0 Å². The van der Waals surface area contributed by atoms with Gasteiger partial charge in [-0.2, -0.15) is 0 Å². The van der Waals surface area contributed by atoms with E-state index in [9.17, 15) is 5.11 Å². The second-order valence-electron chi connectivity index (χ2n) is 4.54. The van der Waals surface area contributed by atoms with Crippen molar-refractivity contribution in [1.82, 2.24) is 0 Å². The van der Waals surface area contributed by atoms with Gasteiger partial charge in [0.15, 0.2) is 0 Å². The lowest BCUT2D eigenvalue weighted by Gasteiger charge is -2.21. The fourth-order valence-corrected chi connectivity index (χ4v) is 1.67. The van der Waals surface area contributed by atoms with Gasteiger partial charge in [-0.05, 0) is 29.0 Å². The minimum absolute atomic E-state index is 0.0214. The second-order valence-corrected chi connectivity index (χ2v) is 4.92. The summed E-state index contributed by atoms with van der Waals surface area (Å²) in [6, 6.07) is 5.72. The normalized spacial score (nSPS) is 11.7. The fourth-order valence-electron chi connectivity index (χ4n) is 1.45. The van der Waals surface area contributed by atoms with Crippen molar-refractivity contribution in [1.29, 1.82) is 0 Å². The number of aryl methyl sites for hydroxylation is 1. The van der Waals surface area contributed by atoms with Gasteiger partial charge in [-0.25, -0.2) is 0 Å². The van der Waals surface area contributed by atoms with Crippen molar-refractivity contribution in [3.63, 3.8) is 0 Å². The summed E-state index contributed by atoms with van der Waals surface area (Å²) in [5.41, 5.74) is 2.15. The first-order valence-electron chi connectivity index (χ1n) is 4.83. The zero-order valence-corrected chi connectivity index (χ0v) is 9.73. The van der Waals surface area contributed by atoms with Crippen LogP contribution in [0.3, 0.4) is 0 Å². The van der Waals surface area contributed by atoms with Gasteiger partial charge in [-0.15, -0.1) is 11.6 Å². The van der Waals surface area contributed by atoms with E-state index >= 15 is 0 Å². The number of phenolic OH excluding ortho intramolecular Hbond substituents is 1. The molecule has 0 amide bonds. The van der Waals surface area contributed by atoms with E-state index in [0.717, 1.165) is 12.0 Å². The van der Waals surface area contributed by atoms with Crippen LogP contribution >= 0.6 is 11.6 Å². The predicted octanol–water partition coefficient (Wildman–Crippen LogP) is 3.47. The molecule has 0 bridgehead atoms. The number of hydrogen-bond acceptors (Lipinski definition) is 1. The highest BCUT2D eigenvalue weighted by molar-refractivity contribution is 6.17. The Kier molecular flexibility index (Phi) is 3.43. The lowest BCUT2D eigenvalue weighted by atomic mass is 9.85. The third-order valence-electron chi connectivity index (χ3n) is 2.25. The van der Waals surface area contributed by atoms with Gasteiger partial charge in [-0.1, -0.05) is 32.9 Å². The second kappa shape index (κ2) is 4.22. The van der Waals surface area contributed by atoms with E-state index in [1.165, 1.54) is 5.56 Å². The summed E-state index contributed by atoms with van der Waals surface area (Å²) >= 11 is 5.68. The smallest absolute Gasteiger partial charge is 0.119 e. The van der Waals surface area contributed by atoms with Gasteiger partial charge in [0.2, 0.25) is 0 Å². The lowest BCUT2D eigenvalue weighted by molar-refractivity contribution is 0.446. The maximum Gasteiger partial charge on any atom is 0.119 e. The summed E-state index contributed by atoms with van der Waals surface area (Å²) in [4.78, 5) is 0. The highest BCUT2D eigenvalue weighted by Gasteiger charge is 2.17. The third kappa shape index (κ3) is 2.65. The molecule has 0 aliphatic carbocycles. The summed E-state index contributed by atoms with van der Waals surface area (Å²) in [6.07, 6.45) is 0.852. The topological polar surface area (TPSA) is 20.2 Å². The summed E-state index contributed by atoms with van der Waals surface area (Å²) in [5, 5.41) is 9.71. The number of hydrogen-bond donors (Lipinski definition) is 1. The van der Waals surface area contributed by atoms with E-state index in [1.54, 1.807) is 6.07 Å². The Morgan fingerprint density at radius 1 is 1.29 bits per heavy atom. The van der Waals surface area contributed by atoms with Crippen molar-refractivity contribution < 1.29 is 5.11 Å². The maximum atomic E-state index is 9.71. The summed E-state index contributed by atoms with van der Waals surface area (Å²) in [6.45, 7) is 6.27. The van der Waals surface area contributed by atoms with E-state index in [1.807, 2.05) is 12.1 Å². The molecule has 2 heteroatoms. The zero-order chi connectivity index (χ0) is 10.8. The Morgan fingerprint density at radius 2 is 1.93 bits per heavy atom. The fraction of sp³-hybridized carbons (Fsp3) is 0.500. The molecule has 0 saturated carbocycles. The number of alkyl halides is 1. The molecular formula is C12H17ClO. The van der Waals surface area contributed by atoms with Crippen molar-refractivity contribution in [2.45, 2.75) is 32.6 Å². The summed E-state index contributed by atoms with van der Waals surface area (Å²) < 4.78 is 0. The standard InChI is InChI=1S/C12H17ClO/c1-12(2,3)10-8-9(6-7-13)4-5-11(10)14/h4-5,8,14H,6-7H2,1-3H3. The van der Waals surface area contributed by atoms with Crippen LogP contribution in [-0.2, 0) is 11.8 Å². The Hall–Kier alpha value is -0.690. The van der Waals surface area contributed by atoms with E-state index in [0.29, 0.717) is 11.6 Å². The van der Waals surface area contributed by atoms with E-state index in [4.69, 9.17) is 11.6 Å². The minimum Gasteiger partial charge on any atom is -0.508 e. The van der Waals surface area contributed by atoms with Gasteiger partial charge in [0, 0.05) is 5.88 Å². The first-order chi connectivity index (χ1) is 6.45. The van der Waals surface area contributed by atoms with Crippen LogP contribution < -0.4 is 0 Å². The molecule has 1 rings (SSSR count). The van der Waals surface area contributed by atoms with Gasteiger partial charge in [0.1, 0.15) is 5.75 Å². The molecule has 1 nitrogen and oxygen atoms in total. The highest BCUT2D eigenvalue weighted by Crippen LogP contribution is 2.31. The predicted molar refractivity (Wildman–Crippen MR) is 61.2 cm³/mol. The van der Waals surface area contributed by atoms with Crippen LogP contribution in [0.1, 0.15) is 31.9 Å². The Morgan fingerprint density at radius 3 is 2.43 bits per heavy atom. The van der Waals surface area contributed by atoms with Crippen LogP contribution in [0.4, 0.5) is 0 Å². The van der Waals surface area contributed by atoms with Crippen LogP contribution in [-0.4, -0.2) is 11.0 Å². The van der Waals surface area contributed by atoms with Crippen LogP contribution in [0.25, 0.3) is 0 Å². The molecule has 1 aromatic carbocycles. The quantitative estimate of drug-likeness (QED) is 0.745. The molecule has 0 radical (unpaired) electrons. The third-order valence-corrected chi connectivity index (χ3v) is 2.44. The summed E-state index contributed by atoms with van der Waals surface area (Å²) in [5.74, 6) is 0.991. The van der Waals surface area contributed by atoms with Gasteiger partial charge in [-0.3, -0.25) is 0 Å². The maximum absolute atomic E-state index is 9.71. The molecule has 0 aliphatic rings. The molecule has 1 N–H and O–H groups in total. The van der Waals surface area contributed by atoms with E-state index < -0.39 is 0 Å². The van der Waals surface area contributed by atoms with Crippen molar-refractivity contribution in [3.8, 4) is 5.75 Å². The molecule has 1 aromatic rings. The Bertz CT molecular complexity index is 313. The average molecular weight is 213 g/mol. The lowest BCUT2D eigenvalue weighted by Crippen LogP contribution is -2.11. The van der Waals surface area contributed by atoms with E-state index in [-0.39, 0.29) is 5.41 Å². The number of aromatic hydroxyl groups is 1. The van der Waals surface area contributed by atoms with Crippen molar-refractivity contribution in [3.05, 3.63) is 29.3 Å². The SMILES string of the molecule is CC(C)(C)c1cc(CCCl)ccc1O.